The molecule has 0 atom stereocenters. The summed E-state index contributed by atoms with van der Waals surface area (Å²) in [5, 5.41) is 8.14. The van der Waals surface area contributed by atoms with Crippen molar-refractivity contribution in [2.75, 3.05) is 26.2 Å². The van der Waals surface area contributed by atoms with Crippen LogP contribution in [0.25, 0.3) is 11.0 Å². The minimum absolute atomic E-state index is 0.0909. The van der Waals surface area contributed by atoms with Crippen molar-refractivity contribution in [3.8, 4) is 0 Å². The number of carbonyl (C=O) groups excluding carboxylic acids is 2. The summed E-state index contributed by atoms with van der Waals surface area (Å²) in [6, 6.07) is 8.39. The molecule has 2 aromatic carbocycles. The minimum atomic E-state index is -1.06. The van der Waals surface area contributed by atoms with Crippen LogP contribution in [0.1, 0.15) is 27.6 Å². The molecule has 0 radical (unpaired) electrons. The van der Waals surface area contributed by atoms with Gasteiger partial charge in [0.25, 0.3) is 11.8 Å². The third kappa shape index (κ3) is 3.55. The first-order valence-corrected chi connectivity index (χ1v) is 9.34. The van der Waals surface area contributed by atoms with Crippen LogP contribution in [0.2, 0.25) is 0 Å². The highest BCUT2D eigenvalue weighted by atomic mass is 19.2. The summed E-state index contributed by atoms with van der Waals surface area (Å²) < 4.78 is 28.2. The summed E-state index contributed by atoms with van der Waals surface area (Å²) in [5.74, 6) is -2.57. The summed E-state index contributed by atoms with van der Waals surface area (Å²) in [4.78, 5) is 28.5. The lowest BCUT2D eigenvalue weighted by atomic mass is 10.1. The predicted octanol–water partition coefficient (Wildman–Crippen LogP) is 2.33. The fourth-order valence-electron chi connectivity index (χ4n) is 3.45. The monoisotopic (exact) mass is 399 g/mol. The van der Waals surface area contributed by atoms with Gasteiger partial charge in [-0.1, -0.05) is 5.21 Å². The highest BCUT2D eigenvalue weighted by Gasteiger charge is 2.26. The average Bonchev–Trinajstić information content (AvgIpc) is 3.17. The maximum absolute atomic E-state index is 13.4. The van der Waals surface area contributed by atoms with Crippen LogP contribution in [-0.4, -0.2) is 62.8 Å². The average molecular weight is 399 g/mol. The van der Waals surface area contributed by atoms with E-state index in [1.54, 1.807) is 21.7 Å². The van der Waals surface area contributed by atoms with Crippen LogP contribution in [0, 0.1) is 11.6 Å². The van der Waals surface area contributed by atoms with Crippen molar-refractivity contribution in [2.24, 2.45) is 0 Å². The van der Waals surface area contributed by atoms with E-state index in [1.165, 1.54) is 11.0 Å². The van der Waals surface area contributed by atoms with Crippen LogP contribution < -0.4 is 0 Å². The Balaban J connectivity index is 1.43. The van der Waals surface area contributed by atoms with Gasteiger partial charge in [-0.3, -0.25) is 9.59 Å². The van der Waals surface area contributed by atoms with Gasteiger partial charge in [0.05, 0.1) is 5.52 Å². The quantitative estimate of drug-likeness (QED) is 0.678. The van der Waals surface area contributed by atoms with Crippen molar-refractivity contribution in [1.82, 2.24) is 24.8 Å². The third-order valence-electron chi connectivity index (χ3n) is 5.08. The van der Waals surface area contributed by atoms with Crippen molar-refractivity contribution in [3.05, 3.63) is 59.2 Å². The summed E-state index contributed by atoms with van der Waals surface area (Å²) in [6.45, 7) is 4.00. The first-order chi connectivity index (χ1) is 14.0. The number of amides is 2. The van der Waals surface area contributed by atoms with Gasteiger partial charge >= 0.3 is 0 Å². The minimum Gasteiger partial charge on any atom is -0.335 e. The number of nitrogens with zero attached hydrogens (tertiary/aromatic N) is 5. The number of benzene rings is 2. The molecule has 0 bridgehead atoms. The number of hydrogen-bond acceptors (Lipinski definition) is 4. The molecule has 0 aliphatic carbocycles. The Labute approximate surface area is 165 Å². The molecule has 2 heterocycles. The second kappa shape index (κ2) is 7.57. The zero-order chi connectivity index (χ0) is 20.5. The van der Waals surface area contributed by atoms with Crippen LogP contribution in [0.3, 0.4) is 0 Å². The molecule has 1 aliphatic rings. The van der Waals surface area contributed by atoms with E-state index in [0.717, 1.165) is 17.6 Å². The molecule has 4 rings (SSSR count). The number of hydrogen-bond donors (Lipinski definition) is 0. The van der Waals surface area contributed by atoms with Crippen LogP contribution in [0.4, 0.5) is 8.78 Å². The standard InChI is InChI=1S/C20H19F2N5O2/c1-2-27-18-6-4-14(12-17(18)23-24-27)20(29)26-9-7-25(8-10-26)19(28)13-3-5-15(21)16(22)11-13/h3-6,11-12H,2,7-10H2,1H3. The molecule has 0 unspecified atom stereocenters. The van der Waals surface area contributed by atoms with Gasteiger partial charge in [0, 0.05) is 43.9 Å². The van der Waals surface area contributed by atoms with E-state index in [-0.39, 0.29) is 17.4 Å². The second-order valence-corrected chi connectivity index (χ2v) is 6.82. The van der Waals surface area contributed by atoms with E-state index < -0.39 is 11.6 Å². The number of halogens is 2. The van der Waals surface area contributed by atoms with E-state index in [1.807, 2.05) is 13.0 Å². The van der Waals surface area contributed by atoms with E-state index in [4.69, 9.17) is 0 Å². The van der Waals surface area contributed by atoms with Crippen molar-refractivity contribution >= 4 is 22.8 Å². The van der Waals surface area contributed by atoms with Gasteiger partial charge in [0.2, 0.25) is 0 Å². The van der Waals surface area contributed by atoms with Gasteiger partial charge in [-0.2, -0.15) is 0 Å². The molecule has 1 aliphatic heterocycles. The molecular formula is C20H19F2N5O2. The lowest BCUT2D eigenvalue weighted by molar-refractivity contribution is 0.0535. The summed E-state index contributed by atoms with van der Waals surface area (Å²) in [7, 11) is 0. The Morgan fingerprint density at radius 2 is 1.48 bits per heavy atom. The van der Waals surface area contributed by atoms with Crippen molar-refractivity contribution in [2.45, 2.75) is 13.5 Å². The molecule has 2 amide bonds. The molecule has 7 nitrogen and oxygen atoms in total. The Morgan fingerprint density at radius 3 is 2.07 bits per heavy atom. The van der Waals surface area contributed by atoms with Gasteiger partial charge in [0.1, 0.15) is 5.52 Å². The van der Waals surface area contributed by atoms with Crippen molar-refractivity contribution in [1.29, 1.82) is 0 Å². The molecule has 0 N–H and O–H groups in total. The summed E-state index contributed by atoms with van der Waals surface area (Å²) in [5.41, 5.74) is 2.13. The van der Waals surface area contributed by atoms with E-state index >= 15 is 0 Å². The van der Waals surface area contributed by atoms with Crippen LogP contribution >= 0.6 is 0 Å². The van der Waals surface area contributed by atoms with Gasteiger partial charge in [-0.15, -0.1) is 5.10 Å². The van der Waals surface area contributed by atoms with Gasteiger partial charge in [0.15, 0.2) is 11.6 Å². The lowest BCUT2D eigenvalue weighted by Crippen LogP contribution is -2.50. The lowest BCUT2D eigenvalue weighted by Gasteiger charge is -2.34. The summed E-state index contributed by atoms with van der Waals surface area (Å²) in [6.07, 6.45) is 0. The van der Waals surface area contributed by atoms with Crippen LogP contribution in [-0.2, 0) is 6.54 Å². The highest BCUT2D eigenvalue weighted by molar-refractivity contribution is 5.98. The number of fused-ring (bicyclic) bond motifs is 1. The smallest absolute Gasteiger partial charge is 0.254 e. The van der Waals surface area contributed by atoms with Gasteiger partial charge in [-0.05, 0) is 43.3 Å². The predicted molar refractivity (Wildman–Crippen MR) is 101 cm³/mol. The molecule has 29 heavy (non-hydrogen) atoms. The largest absolute Gasteiger partial charge is 0.335 e. The van der Waals surface area contributed by atoms with Gasteiger partial charge in [-0.25, -0.2) is 13.5 Å². The highest BCUT2D eigenvalue weighted by Crippen LogP contribution is 2.17. The van der Waals surface area contributed by atoms with Crippen LogP contribution in [0.15, 0.2) is 36.4 Å². The number of carbonyl (C=O) groups is 2. The first kappa shape index (κ1) is 19.0. The maximum atomic E-state index is 13.4. The first-order valence-electron chi connectivity index (χ1n) is 9.34. The summed E-state index contributed by atoms with van der Waals surface area (Å²) >= 11 is 0. The molecule has 0 spiro atoms. The number of aryl methyl sites for hydroxylation is 1. The Hall–Kier alpha value is -3.36. The van der Waals surface area contributed by atoms with E-state index in [2.05, 4.69) is 10.3 Å². The number of aromatic nitrogens is 3. The van der Waals surface area contributed by atoms with E-state index in [0.29, 0.717) is 43.8 Å². The molecule has 3 aromatic rings. The normalized spacial score (nSPS) is 14.4. The molecule has 1 aromatic heterocycles. The Morgan fingerprint density at radius 1 is 0.897 bits per heavy atom. The maximum Gasteiger partial charge on any atom is 0.254 e. The SMILES string of the molecule is CCn1nnc2cc(C(=O)N3CCN(C(=O)c4ccc(F)c(F)c4)CC3)ccc21. The second-order valence-electron chi connectivity index (χ2n) is 6.82. The molecular weight excluding hydrogens is 380 g/mol. The number of piperazine rings is 1. The third-order valence-corrected chi connectivity index (χ3v) is 5.08. The number of rotatable bonds is 3. The molecule has 1 fully saturated rings. The zero-order valence-electron chi connectivity index (χ0n) is 15.8. The molecule has 150 valence electrons. The topological polar surface area (TPSA) is 71.3 Å². The van der Waals surface area contributed by atoms with Crippen molar-refractivity contribution in [3.63, 3.8) is 0 Å². The fourth-order valence-corrected chi connectivity index (χ4v) is 3.45. The van der Waals surface area contributed by atoms with Gasteiger partial charge < -0.3 is 9.80 Å². The molecule has 1 saturated heterocycles. The molecule has 0 saturated carbocycles. The zero-order valence-corrected chi connectivity index (χ0v) is 15.8. The Bertz CT molecular complexity index is 1090. The fraction of sp³-hybridized carbons (Fsp3) is 0.300. The van der Waals surface area contributed by atoms with Crippen molar-refractivity contribution < 1.29 is 18.4 Å². The Kier molecular flexibility index (Phi) is 4.96. The van der Waals surface area contributed by atoms with Crippen LogP contribution in [0.5, 0.6) is 0 Å². The molecule has 9 heteroatoms. The van der Waals surface area contributed by atoms with E-state index in [9.17, 15) is 18.4 Å².